The van der Waals surface area contributed by atoms with E-state index >= 15 is 0 Å². The van der Waals surface area contributed by atoms with Crippen molar-refractivity contribution in [1.29, 1.82) is 0 Å². The van der Waals surface area contributed by atoms with E-state index in [-0.39, 0.29) is 28.7 Å². The summed E-state index contributed by atoms with van der Waals surface area (Å²) in [5.41, 5.74) is 0.0332. The Morgan fingerprint density at radius 2 is 1.52 bits per heavy atom. The van der Waals surface area contributed by atoms with Crippen molar-refractivity contribution in [2.75, 3.05) is 0 Å². The van der Waals surface area contributed by atoms with Crippen LogP contribution in [0.2, 0.25) is 5.02 Å². The standard InChI is InChI=1S/C17H10ClN3O4/c18-9-3-1-2-8(6-9)7-21-16(24)10-11(17(21)25)15(23)13-12(14(10)22)19-4-5-20-13/h1-6,22-23H,7H2. The molecule has 4 rings (SSSR count). The van der Waals surface area contributed by atoms with Crippen LogP contribution in [0, 0.1) is 0 Å². The zero-order valence-corrected chi connectivity index (χ0v) is 13.4. The molecule has 1 aromatic heterocycles. The summed E-state index contributed by atoms with van der Waals surface area (Å²) >= 11 is 5.93. The zero-order valence-electron chi connectivity index (χ0n) is 12.6. The molecule has 3 aromatic rings. The lowest BCUT2D eigenvalue weighted by atomic mass is 10.1. The smallest absolute Gasteiger partial charge is 0.265 e. The SMILES string of the molecule is O=C1c2c(c(O)c3nccnc3c2O)C(=O)N1Cc1cccc(Cl)c1. The molecule has 0 unspecified atom stereocenters. The van der Waals surface area contributed by atoms with Crippen LogP contribution in [0.25, 0.3) is 11.0 Å². The Bertz CT molecular complexity index is 1010. The maximum Gasteiger partial charge on any atom is 0.265 e. The highest BCUT2D eigenvalue weighted by Gasteiger charge is 2.42. The van der Waals surface area contributed by atoms with Crippen LogP contribution in [-0.4, -0.2) is 36.9 Å². The molecular weight excluding hydrogens is 346 g/mol. The normalized spacial score (nSPS) is 13.6. The molecule has 2 amide bonds. The van der Waals surface area contributed by atoms with Gasteiger partial charge in [0.2, 0.25) is 0 Å². The van der Waals surface area contributed by atoms with Crippen LogP contribution < -0.4 is 0 Å². The summed E-state index contributed by atoms with van der Waals surface area (Å²) in [5, 5.41) is 21.2. The van der Waals surface area contributed by atoms with Gasteiger partial charge in [0, 0.05) is 17.4 Å². The van der Waals surface area contributed by atoms with E-state index in [1.165, 1.54) is 12.4 Å². The third kappa shape index (κ3) is 2.20. The number of aromatic nitrogens is 2. The molecule has 8 heteroatoms. The first kappa shape index (κ1) is 15.3. The highest BCUT2D eigenvalue weighted by Crippen LogP contribution is 2.42. The van der Waals surface area contributed by atoms with Gasteiger partial charge >= 0.3 is 0 Å². The summed E-state index contributed by atoms with van der Waals surface area (Å²) < 4.78 is 0. The molecule has 0 bridgehead atoms. The maximum absolute atomic E-state index is 12.7. The van der Waals surface area contributed by atoms with Crippen LogP contribution in [0.15, 0.2) is 36.7 Å². The molecule has 2 heterocycles. The van der Waals surface area contributed by atoms with Gasteiger partial charge in [-0.15, -0.1) is 0 Å². The van der Waals surface area contributed by atoms with Gasteiger partial charge in [-0.25, -0.2) is 9.97 Å². The monoisotopic (exact) mass is 355 g/mol. The lowest BCUT2D eigenvalue weighted by Gasteiger charge is -2.13. The Morgan fingerprint density at radius 1 is 0.960 bits per heavy atom. The van der Waals surface area contributed by atoms with Crippen LogP contribution in [0.3, 0.4) is 0 Å². The largest absolute Gasteiger partial charge is 0.505 e. The van der Waals surface area contributed by atoms with Crippen LogP contribution in [-0.2, 0) is 6.54 Å². The minimum atomic E-state index is -0.708. The summed E-state index contributed by atoms with van der Waals surface area (Å²) in [6.07, 6.45) is 2.64. The highest BCUT2D eigenvalue weighted by molar-refractivity contribution is 6.30. The molecule has 1 aliphatic heterocycles. The van der Waals surface area contributed by atoms with Crippen molar-refractivity contribution in [1.82, 2.24) is 14.9 Å². The van der Waals surface area contributed by atoms with Crippen molar-refractivity contribution in [3.63, 3.8) is 0 Å². The first-order chi connectivity index (χ1) is 12.0. The molecule has 0 saturated carbocycles. The van der Waals surface area contributed by atoms with E-state index in [9.17, 15) is 19.8 Å². The maximum atomic E-state index is 12.7. The topological polar surface area (TPSA) is 104 Å². The summed E-state index contributed by atoms with van der Waals surface area (Å²) in [7, 11) is 0. The van der Waals surface area contributed by atoms with E-state index in [1.54, 1.807) is 24.3 Å². The van der Waals surface area contributed by atoms with Gasteiger partial charge in [-0.2, -0.15) is 0 Å². The molecule has 0 fully saturated rings. The van der Waals surface area contributed by atoms with Gasteiger partial charge in [-0.3, -0.25) is 14.5 Å². The number of amides is 2. The molecule has 2 aromatic carbocycles. The lowest BCUT2D eigenvalue weighted by Crippen LogP contribution is -2.29. The predicted octanol–water partition coefficient (Wildman–Crippen LogP) is 2.49. The first-order valence-corrected chi connectivity index (χ1v) is 7.66. The summed E-state index contributed by atoms with van der Waals surface area (Å²) in [4.78, 5) is 34.1. The first-order valence-electron chi connectivity index (χ1n) is 7.28. The Labute approximate surface area is 146 Å². The highest BCUT2D eigenvalue weighted by atomic mass is 35.5. The Kier molecular flexibility index (Phi) is 3.33. The molecule has 25 heavy (non-hydrogen) atoms. The molecule has 1 aliphatic rings. The Hall–Kier alpha value is -3.19. The van der Waals surface area contributed by atoms with Crippen molar-refractivity contribution >= 4 is 34.4 Å². The fourth-order valence-corrected chi connectivity index (χ4v) is 3.11. The molecule has 2 N–H and O–H groups in total. The number of phenols is 2. The number of hydrogen-bond acceptors (Lipinski definition) is 6. The number of carbonyl (C=O) groups is 2. The minimum Gasteiger partial charge on any atom is -0.505 e. The van der Waals surface area contributed by atoms with E-state index in [0.29, 0.717) is 10.6 Å². The number of aromatic hydroxyl groups is 2. The number of fused-ring (bicyclic) bond motifs is 2. The molecule has 124 valence electrons. The molecule has 0 aliphatic carbocycles. The Balaban J connectivity index is 1.86. The van der Waals surface area contributed by atoms with Gasteiger partial charge in [0.05, 0.1) is 6.54 Å². The number of carbonyl (C=O) groups excluding carboxylic acids is 2. The van der Waals surface area contributed by atoms with Crippen LogP contribution in [0.5, 0.6) is 11.5 Å². The van der Waals surface area contributed by atoms with Crippen molar-refractivity contribution in [3.8, 4) is 11.5 Å². The van der Waals surface area contributed by atoms with E-state index in [1.807, 2.05) is 0 Å². The van der Waals surface area contributed by atoms with Gasteiger partial charge < -0.3 is 10.2 Å². The summed E-state index contributed by atoms with van der Waals surface area (Å²) in [6.45, 7) is -0.0387. The number of rotatable bonds is 2. The Morgan fingerprint density at radius 3 is 2.04 bits per heavy atom. The second-order valence-electron chi connectivity index (χ2n) is 5.53. The van der Waals surface area contributed by atoms with Crippen molar-refractivity contribution in [3.05, 3.63) is 58.4 Å². The average Bonchev–Trinajstić information content (AvgIpc) is 2.85. The van der Waals surface area contributed by atoms with Crippen molar-refractivity contribution in [2.45, 2.75) is 6.54 Å². The number of phenolic OH excluding ortho intramolecular Hbond substituents is 2. The van der Waals surface area contributed by atoms with Crippen molar-refractivity contribution < 1.29 is 19.8 Å². The fourth-order valence-electron chi connectivity index (χ4n) is 2.90. The number of nitrogens with zero attached hydrogens (tertiary/aromatic N) is 3. The van der Waals surface area contributed by atoms with Crippen LogP contribution in [0.1, 0.15) is 26.3 Å². The van der Waals surface area contributed by atoms with Gasteiger partial charge in [-0.05, 0) is 17.7 Å². The number of hydrogen-bond donors (Lipinski definition) is 2. The number of imide groups is 1. The molecule has 7 nitrogen and oxygen atoms in total. The summed E-state index contributed by atoms with van der Waals surface area (Å²) in [6, 6.07) is 6.72. The summed E-state index contributed by atoms with van der Waals surface area (Å²) in [5.74, 6) is -2.36. The van der Waals surface area contributed by atoms with Gasteiger partial charge in [0.1, 0.15) is 22.2 Å². The fraction of sp³-hybridized carbons (Fsp3) is 0.0588. The van der Waals surface area contributed by atoms with E-state index in [0.717, 1.165) is 4.90 Å². The van der Waals surface area contributed by atoms with Crippen LogP contribution >= 0.6 is 11.6 Å². The lowest BCUT2D eigenvalue weighted by molar-refractivity contribution is 0.0641. The average molecular weight is 356 g/mol. The molecule has 0 spiro atoms. The quantitative estimate of drug-likeness (QED) is 0.540. The number of benzene rings is 2. The molecular formula is C17H10ClN3O4. The zero-order chi connectivity index (χ0) is 17.7. The van der Waals surface area contributed by atoms with Crippen molar-refractivity contribution in [2.24, 2.45) is 0 Å². The molecule has 0 radical (unpaired) electrons. The van der Waals surface area contributed by atoms with E-state index < -0.39 is 23.3 Å². The van der Waals surface area contributed by atoms with Gasteiger partial charge in [0.15, 0.2) is 11.5 Å². The molecule has 0 saturated heterocycles. The predicted molar refractivity (Wildman–Crippen MR) is 88.5 cm³/mol. The minimum absolute atomic E-state index is 0.0375. The number of halogens is 1. The van der Waals surface area contributed by atoms with E-state index in [4.69, 9.17) is 11.6 Å². The van der Waals surface area contributed by atoms with E-state index in [2.05, 4.69) is 9.97 Å². The third-order valence-electron chi connectivity index (χ3n) is 4.02. The van der Waals surface area contributed by atoms with Gasteiger partial charge in [-0.1, -0.05) is 23.7 Å². The molecule has 0 atom stereocenters. The van der Waals surface area contributed by atoms with Gasteiger partial charge in [0.25, 0.3) is 11.8 Å². The third-order valence-corrected chi connectivity index (χ3v) is 4.25. The van der Waals surface area contributed by atoms with Crippen LogP contribution in [0.4, 0.5) is 0 Å². The second-order valence-corrected chi connectivity index (χ2v) is 5.96. The second kappa shape index (κ2) is 5.42.